The Morgan fingerprint density at radius 2 is 1.46 bits per heavy atom. The molecule has 0 N–H and O–H groups in total. The average Bonchev–Trinajstić information content (AvgIpc) is 3.44. The van der Waals surface area contributed by atoms with E-state index in [1.165, 1.54) is 11.8 Å². The van der Waals surface area contributed by atoms with Gasteiger partial charge in [-0.15, -0.1) is 10.2 Å². The van der Waals surface area contributed by atoms with Crippen LogP contribution in [0, 0.1) is 6.92 Å². The van der Waals surface area contributed by atoms with Crippen molar-refractivity contribution in [1.82, 2.24) is 14.8 Å². The van der Waals surface area contributed by atoms with Crippen molar-refractivity contribution in [3.63, 3.8) is 0 Å². The average molecular weight is 566 g/mol. The van der Waals surface area contributed by atoms with Crippen LogP contribution in [0.15, 0.2) is 102 Å². The van der Waals surface area contributed by atoms with E-state index in [4.69, 9.17) is 14.2 Å². The third-order valence-electron chi connectivity index (χ3n) is 6.57. The molecule has 0 aliphatic carbocycles. The van der Waals surface area contributed by atoms with Gasteiger partial charge in [-0.2, -0.15) is 0 Å². The predicted molar refractivity (Wildman–Crippen MR) is 162 cm³/mol. The normalized spacial score (nSPS) is 11.6. The van der Waals surface area contributed by atoms with E-state index in [-0.39, 0.29) is 5.78 Å². The van der Waals surface area contributed by atoms with Gasteiger partial charge in [0.15, 0.2) is 16.8 Å². The highest BCUT2D eigenvalue weighted by atomic mass is 32.2. The molecule has 5 aromatic rings. The molecule has 0 aliphatic rings. The van der Waals surface area contributed by atoms with Crippen molar-refractivity contribution >= 4 is 17.5 Å². The van der Waals surface area contributed by atoms with Crippen molar-refractivity contribution in [3.8, 4) is 34.3 Å². The van der Waals surface area contributed by atoms with Crippen LogP contribution in [-0.4, -0.2) is 41.4 Å². The lowest BCUT2D eigenvalue weighted by Gasteiger charge is -2.18. The zero-order valence-electron chi connectivity index (χ0n) is 23.4. The van der Waals surface area contributed by atoms with E-state index >= 15 is 0 Å². The van der Waals surface area contributed by atoms with Gasteiger partial charge in [-0.25, -0.2) is 0 Å². The first-order valence-corrected chi connectivity index (χ1v) is 14.1. The molecule has 0 fully saturated rings. The summed E-state index contributed by atoms with van der Waals surface area (Å²) >= 11 is 1.36. The Labute approximate surface area is 244 Å². The zero-order chi connectivity index (χ0) is 28.8. The number of ketones is 1. The summed E-state index contributed by atoms with van der Waals surface area (Å²) in [5, 5.41) is 9.21. The number of carbonyl (C=O) groups is 1. The predicted octanol–water partition coefficient (Wildman–Crippen LogP) is 7.37. The van der Waals surface area contributed by atoms with Crippen molar-refractivity contribution in [2.24, 2.45) is 0 Å². The van der Waals surface area contributed by atoms with Gasteiger partial charge in [0.25, 0.3) is 0 Å². The lowest BCUT2D eigenvalue weighted by atomic mass is 10.0. The topological polar surface area (TPSA) is 75.5 Å². The Kier molecular flexibility index (Phi) is 8.70. The molecule has 1 atom stereocenters. The first-order chi connectivity index (χ1) is 20.0. The Bertz CT molecular complexity index is 1610. The van der Waals surface area contributed by atoms with Crippen LogP contribution in [0.25, 0.3) is 17.1 Å². The molecule has 0 unspecified atom stereocenters. The van der Waals surface area contributed by atoms with Crippen LogP contribution in [0.4, 0.5) is 0 Å². The number of rotatable bonds is 11. The summed E-state index contributed by atoms with van der Waals surface area (Å²) in [6, 6.07) is 30.7. The number of aromatic nitrogens is 3. The zero-order valence-corrected chi connectivity index (χ0v) is 24.2. The number of methoxy groups -OCH3 is 2. The Balaban J connectivity index is 1.61. The summed E-state index contributed by atoms with van der Waals surface area (Å²) in [6.45, 7) is 4.58. The van der Waals surface area contributed by atoms with Gasteiger partial charge in [-0.05, 0) is 86.1 Å². The van der Waals surface area contributed by atoms with Gasteiger partial charge in [0.2, 0.25) is 0 Å². The van der Waals surface area contributed by atoms with E-state index in [2.05, 4.69) is 16.3 Å². The number of aryl methyl sites for hydroxylation is 1. The summed E-state index contributed by atoms with van der Waals surface area (Å²) in [5.74, 6) is 2.82. The van der Waals surface area contributed by atoms with E-state index in [1.807, 2.05) is 85.1 Å². The highest BCUT2D eigenvalue weighted by Gasteiger charge is 2.28. The van der Waals surface area contributed by atoms with Gasteiger partial charge in [-0.3, -0.25) is 9.36 Å². The van der Waals surface area contributed by atoms with E-state index in [9.17, 15) is 4.79 Å². The largest absolute Gasteiger partial charge is 0.497 e. The molecule has 7 nitrogen and oxygen atoms in total. The summed E-state index contributed by atoms with van der Waals surface area (Å²) in [6.07, 6.45) is 0. The maximum atomic E-state index is 14.0. The maximum absolute atomic E-state index is 14.0. The molecule has 0 aliphatic heterocycles. The quantitative estimate of drug-likeness (QED) is 0.122. The van der Waals surface area contributed by atoms with Gasteiger partial charge < -0.3 is 14.2 Å². The molecule has 5 rings (SSSR count). The minimum Gasteiger partial charge on any atom is -0.497 e. The molecule has 0 spiro atoms. The summed E-state index contributed by atoms with van der Waals surface area (Å²) in [5.41, 5.74) is 4.31. The molecule has 0 bridgehead atoms. The fourth-order valence-electron chi connectivity index (χ4n) is 4.47. The molecule has 0 amide bonds. The van der Waals surface area contributed by atoms with Gasteiger partial charge in [0.1, 0.15) is 22.5 Å². The van der Waals surface area contributed by atoms with Crippen LogP contribution in [0.1, 0.15) is 33.7 Å². The van der Waals surface area contributed by atoms with E-state index < -0.39 is 5.25 Å². The molecule has 0 saturated heterocycles. The monoisotopic (exact) mass is 565 g/mol. The third kappa shape index (κ3) is 6.28. The number of Topliss-reactive ketones (excluding diaryl/α,β-unsaturated/α-hetero) is 1. The maximum Gasteiger partial charge on any atom is 0.197 e. The standard InChI is InChI=1S/C33H31N3O4S/c1-5-40-29-19-13-26(14-20-29)36-32(25-8-6-7-22(2)21-25)34-35-33(36)41-31(24-11-17-28(39-4)18-12-24)30(37)23-9-15-27(38-3)16-10-23/h6-21,31H,5H2,1-4H3/t31-/m0/s1. The van der Waals surface area contributed by atoms with Crippen molar-refractivity contribution in [2.75, 3.05) is 20.8 Å². The van der Waals surface area contributed by atoms with Crippen molar-refractivity contribution < 1.29 is 19.0 Å². The van der Waals surface area contributed by atoms with E-state index in [0.29, 0.717) is 34.7 Å². The Hall–Kier alpha value is -4.56. The van der Waals surface area contributed by atoms with Crippen LogP contribution in [0.5, 0.6) is 17.2 Å². The van der Waals surface area contributed by atoms with Gasteiger partial charge in [0, 0.05) is 16.8 Å². The minimum atomic E-state index is -0.592. The fraction of sp³-hybridized carbons (Fsp3) is 0.182. The molecule has 0 saturated carbocycles. The number of hydrogen-bond acceptors (Lipinski definition) is 7. The number of carbonyl (C=O) groups excluding carboxylic acids is 1. The van der Waals surface area contributed by atoms with E-state index in [1.54, 1.807) is 38.5 Å². The van der Waals surface area contributed by atoms with E-state index in [0.717, 1.165) is 28.1 Å². The van der Waals surface area contributed by atoms with Crippen LogP contribution >= 0.6 is 11.8 Å². The van der Waals surface area contributed by atoms with Crippen LogP contribution in [-0.2, 0) is 0 Å². The molecule has 4 aromatic carbocycles. The number of nitrogens with zero attached hydrogens (tertiary/aromatic N) is 3. The van der Waals surface area contributed by atoms with Gasteiger partial charge in [-0.1, -0.05) is 47.7 Å². The minimum absolute atomic E-state index is 0.0545. The molecule has 8 heteroatoms. The second-order valence-corrected chi connectivity index (χ2v) is 10.4. The lowest BCUT2D eigenvalue weighted by molar-refractivity contribution is 0.0989. The highest BCUT2D eigenvalue weighted by Crippen LogP contribution is 2.40. The first-order valence-electron chi connectivity index (χ1n) is 13.2. The number of hydrogen-bond donors (Lipinski definition) is 0. The Morgan fingerprint density at radius 3 is 2.07 bits per heavy atom. The molecule has 1 aromatic heterocycles. The van der Waals surface area contributed by atoms with Crippen LogP contribution in [0.3, 0.4) is 0 Å². The molecule has 41 heavy (non-hydrogen) atoms. The SMILES string of the molecule is CCOc1ccc(-n2c(S[C@H](C(=O)c3ccc(OC)cc3)c3ccc(OC)cc3)nnc2-c2cccc(C)c2)cc1. The molecule has 1 heterocycles. The number of ether oxygens (including phenoxy) is 3. The summed E-state index contributed by atoms with van der Waals surface area (Å²) in [4.78, 5) is 14.0. The second-order valence-electron chi connectivity index (χ2n) is 9.30. The Morgan fingerprint density at radius 1 is 0.829 bits per heavy atom. The van der Waals surface area contributed by atoms with Gasteiger partial charge >= 0.3 is 0 Å². The fourth-order valence-corrected chi connectivity index (χ4v) is 5.60. The number of benzene rings is 4. The van der Waals surface area contributed by atoms with Gasteiger partial charge in [0.05, 0.1) is 20.8 Å². The van der Waals surface area contributed by atoms with Crippen molar-refractivity contribution in [3.05, 3.63) is 114 Å². The number of thioether (sulfide) groups is 1. The van der Waals surface area contributed by atoms with Crippen molar-refractivity contribution in [2.45, 2.75) is 24.3 Å². The first kappa shape index (κ1) is 28.0. The van der Waals surface area contributed by atoms with Crippen LogP contribution in [0.2, 0.25) is 0 Å². The smallest absolute Gasteiger partial charge is 0.197 e. The third-order valence-corrected chi connectivity index (χ3v) is 7.77. The highest BCUT2D eigenvalue weighted by molar-refractivity contribution is 8.00. The molecular formula is C33H31N3O4S. The second kappa shape index (κ2) is 12.7. The summed E-state index contributed by atoms with van der Waals surface area (Å²) in [7, 11) is 3.22. The van der Waals surface area contributed by atoms with Crippen LogP contribution < -0.4 is 14.2 Å². The lowest BCUT2D eigenvalue weighted by Crippen LogP contribution is -2.11. The molecule has 208 valence electrons. The molecular weight excluding hydrogens is 534 g/mol. The molecule has 0 radical (unpaired) electrons. The van der Waals surface area contributed by atoms with Crippen molar-refractivity contribution in [1.29, 1.82) is 0 Å². The summed E-state index contributed by atoms with van der Waals surface area (Å²) < 4.78 is 18.3.